The topological polar surface area (TPSA) is 26.0 Å². The first kappa shape index (κ1) is 13.8. The Hall–Kier alpha value is -1.60. The Balaban J connectivity index is 2.26. The van der Waals surface area contributed by atoms with Crippen LogP contribution in [-0.4, -0.2) is 6.54 Å². The van der Waals surface area contributed by atoms with E-state index in [0.717, 1.165) is 6.42 Å². The van der Waals surface area contributed by atoms with Crippen molar-refractivity contribution in [2.75, 3.05) is 6.54 Å². The molecular formula is C18H23N. The predicted molar refractivity (Wildman–Crippen MR) is 82.6 cm³/mol. The normalized spacial score (nSPS) is 12.4. The summed E-state index contributed by atoms with van der Waals surface area (Å²) in [4.78, 5) is 0. The monoisotopic (exact) mass is 253 g/mol. The van der Waals surface area contributed by atoms with Gasteiger partial charge in [0.25, 0.3) is 0 Å². The van der Waals surface area contributed by atoms with Crippen LogP contribution in [0.2, 0.25) is 0 Å². The summed E-state index contributed by atoms with van der Waals surface area (Å²) >= 11 is 0. The van der Waals surface area contributed by atoms with Gasteiger partial charge >= 0.3 is 0 Å². The number of rotatable bonds is 4. The average Bonchev–Trinajstić information content (AvgIpc) is 2.40. The Morgan fingerprint density at radius 1 is 0.895 bits per heavy atom. The SMILES string of the molecule is Cc1ccc(C(CN)Cc2c(C)cccc2C)cc1. The first-order valence-electron chi connectivity index (χ1n) is 6.93. The lowest BCUT2D eigenvalue weighted by molar-refractivity contribution is 0.689. The van der Waals surface area contributed by atoms with Crippen molar-refractivity contribution in [3.05, 3.63) is 70.3 Å². The third-order valence-electron chi connectivity index (χ3n) is 3.93. The molecule has 0 spiro atoms. The van der Waals surface area contributed by atoms with Crippen molar-refractivity contribution < 1.29 is 0 Å². The molecule has 0 amide bonds. The van der Waals surface area contributed by atoms with Crippen LogP contribution in [0.4, 0.5) is 0 Å². The van der Waals surface area contributed by atoms with E-state index in [9.17, 15) is 0 Å². The standard InChI is InChI=1S/C18H23N/c1-13-7-9-16(10-8-13)17(12-19)11-18-14(2)5-4-6-15(18)3/h4-10,17H,11-12,19H2,1-3H3. The maximum Gasteiger partial charge on any atom is 0.000177 e. The van der Waals surface area contributed by atoms with Gasteiger partial charge in [-0.15, -0.1) is 0 Å². The molecule has 0 radical (unpaired) electrons. The Kier molecular flexibility index (Phi) is 4.39. The van der Waals surface area contributed by atoms with Gasteiger partial charge in [0, 0.05) is 5.92 Å². The molecule has 2 rings (SSSR count). The summed E-state index contributed by atoms with van der Waals surface area (Å²) < 4.78 is 0. The average molecular weight is 253 g/mol. The highest BCUT2D eigenvalue weighted by molar-refractivity contribution is 5.36. The summed E-state index contributed by atoms with van der Waals surface area (Å²) in [5.74, 6) is 0.403. The van der Waals surface area contributed by atoms with Crippen LogP contribution in [0.15, 0.2) is 42.5 Å². The fourth-order valence-corrected chi connectivity index (χ4v) is 2.59. The quantitative estimate of drug-likeness (QED) is 0.878. The van der Waals surface area contributed by atoms with Gasteiger partial charge in [0.05, 0.1) is 0 Å². The number of benzene rings is 2. The molecule has 0 saturated carbocycles. The lowest BCUT2D eigenvalue weighted by Crippen LogP contribution is -2.16. The lowest BCUT2D eigenvalue weighted by atomic mass is 9.88. The molecular weight excluding hydrogens is 230 g/mol. The summed E-state index contributed by atoms with van der Waals surface area (Å²) in [7, 11) is 0. The highest BCUT2D eigenvalue weighted by atomic mass is 14.5. The zero-order valence-corrected chi connectivity index (χ0v) is 12.1. The molecule has 2 aromatic rings. The first-order valence-corrected chi connectivity index (χ1v) is 6.93. The van der Waals surface area contributed by atoms with Gasteiger partial charge < -0.3 is 5.73 Å². The van der Waals surface area contributed by atoms with Crippen LogP contribution < -0.4 is 5.73 Å². The van der Waals surface area contributed by atoms with Crippen molar-refractivity contribution in [1.29, 1.82) is 0 Å². The van der Waals surface area contributed by atoms with E-state index in [1.54, 1.807) is 0 Å². The van der Waals surface area contributed by atoms with Crippen LogP contribution in [0.3, 0.4) is 0 Å². The van der Waals surface area contributed by atoms with Gasteiger partial charge in [-0.3, -0.25) is 0 Å². The van der Waals surface area contributed by atoms with Crippen LogP contribution in [0, 0.1) is 20.8 Å². The van der Waals surface area contributed by atoms with Gasteiger partial charge in [-0.1, -0.05) is 48.0 Å². The Morgan fingerprint density at radius 3 is 2.00 bits per heavy atom. The summed E-state index contributed by atoms with van der Waals surface area (Å²) in [5.41, 5.74) is 12.8. The van der Waals surface area contributed by atoms with Gasteiger partial charge in [0.15, 0.2) is 0 Å². The molecule has 0 heterocycles. The summed E-state index contributed by atoms with van der Waals surface area (Å²) in [6, 6.07) is 15.2. The largest absolute Gasteiger partial charge is 0.330 e. The molecule has 0 fully saturated rings. The van der Waals surface area contributed by atoms with Crippen LogP contribution in [0.5, 0.6) is 0 Å². The van der Waals surface area contributed by atoms with E-state index in [1.807, 2.05) is 0 Å². The number of hydrogen-bond donors (Lipinski definition) is 1. The molecule has 1 unspecified atom stereocenters. The second-order valence-electron chi connectivity index (χ2n) is 5.42. The smallest absolute Gasteiger partial charge is 0.000177 e. The zero-order valence-electron chi connectivity index (χ0n) is 12.1. The lowest BCUT2D eigenvalue weighted by Gasteiger charge is -2.18. The van der Waals surface area contributed by atoms with Gasteiger partial charge in [0.2, 0.25) is 0 Å². The summed E-state index contributed by atoms with van der Waals surface area (Å²) in [6.45, 7) is 7.18. The summed E-state index contributed by atoms with van der Waals surface area (Å²) in [5, 5.41) is 0. The van der Waals surface area contributed by atoms with E-state index in [4.69, 9.17) is 5.73 Å². The second-order valence-corrected chi connectivity index (χ2v) is 5.42. The van der Waals surface area contributed by atoms with Crippen molar-refractivity contribution >= 4 is 0 Å². The predicted octanol–water partition coefficient (Wildman–Crippen LogP) is 3.90. The Bertz CT molecular complexity index is 520. The molecule has 0 aromatic heterocycles. The second kappa shape index (κ2) is 6.03. The van der Waals surface area contributed by atoms with E-state index in [0.29, 0.717) is 12.5 Å². The van der Waals surface area contributed by atoms with E-state index in [1.165, 1.54) is 27.8 Å². The molecule has 100 valence electrons. The maximum absolute atomic E-state index is 5.99. The van der Waals surface area contributed by atoms with Crippen LogP contribution >= 0.6 is 0 Å². The van der Waals surface area contributed by atoms with E-state index in [2.05, 4.69) is 63.2 Å². The molecule has 0 bridgehead atoms. The molecule has 0 aliphatic carbocycles. The van der Waals surface area contributed by atoms with Crippen molar-refractivity contribution in [2.24, 2.45) is 5.73 Å². The minimum absolute atomic E-state index is 0.403. The zero-order chi connectivity index (χ0) is 13.8. The highest BCUT2D eigenvalue weighted by Gasteiger charge is 2.13. The molecule has 0 saturated heterocycles. The van der Waals surface area contributed by atoms with Crippen molar-refractivity contribution in [3.8, 4) is 0 Å². The van der Waals surface area contributed by atoms with E-state index < -0.39 is 0 Å². The van der Waals surface area contributed by atoms with Gasteiger partial charge in [0.1, 0.15) is 0 Å². The van der Waals surface area contributed by atoms with Crippen LogP contribution in [0.1, 0.15) is 33.7 Å². The first-order chi connectivity index (χ1) is 9.11. The third-order valence-corrected chi connectivity index (χ3v) is 3.93. The molecule has 19 heavy (non-hydrogen) atoms. The molecule has 2 N–H and O–H groups in total. The number of hydrogen-bond acceptors (Lipinski definition) is 1. The molecule has 1 nitrogen and oxygen atoms in total. The van der Waals surface area contributed by atoms with Gasteiger partial charge in [-0.2, -0.15) is 0 Å². The van der Waals surface area contributed by atoms with Crippen molar-refractivity contribution in [2.45, 2.75) is 33.1 Å². The molecule has 0 aliphatic heterocycles. The highest BCUT2D eigenvalue weighted by Crippen LogP contribution is 2.24. The van der Waals surface area contributed by atoms with Crippen LogP contribution in [0.25, 0.3) is 0 Å². The van der Waals surface area contributed by atoms with E-state index >= 15 is 0 Å². The maximum atomic E-state index is 5.99. The van der Waals surface area contributed by atoms with Gasteiger partial charge in [-0.05, 0) is 56.0 Å². The number of nitrogens with two attached hydrogens (primary N) is 1. The van der Waals surface area contributed by atoms with Gasteiger partial charge in [-0.25, -0.2) is 0 Å². The fraction of sp³-hybridized carbons (Fsp3) is 0.333. The van der Waals surface area contributed by atoms with Crippen molar-refractivity contribution in [1.82, 2.24) is 0 Å². The minimum atomic E-state index is 0.403. The fourth-order valence-electron chi connectivity index (χ4n) is 2.59. The molecule has 1 atom stereocenters. The molecule has 0 aliphatic rings. The Morgan fingerprint density at radius 2 is 1.47 bits per heavy atom. The van der Waals surface area contributed by atoms with Crippen molar-refractivity contribution in [3.63, 3.8) is 0 Å². The third kappa shape index (κ3) is 3.24. The number of aryl methyl sites for hydroxylation is 3. The van der Waals surface area contributed by atoms with Crippen LogP contribution in [-0.2, 0) is 6.42 Å². The minimum Gasteiger partial charge on any atom is -0.330 e. The summed E-state index contributed by atoms with van der Waals surface area (Å²) in [6.07, 6.45) is 1.03. The molecule has 2 aromatic carbocycles. The van der Waals surface area contributed by atoms with E-state index in [-0.39, 0.29) is 0 Å². The Labute approximate surface area is 116 Å². The molecule has 1 heteroatoms.